The summed E-state index contributed by atoms with van der Waals surface area (Å²) in [5.41, 5.74) is 1.36. The number of ketones is 1. The number of hydrogen-bond donors (Lipinski definition) is 1. The lowest BCUT2D eigenvalue weighted by Crippen LogP contribution is -2.08. The van der Waals surface area contributed by atoms with Crippen LogP contribution in [0.1, 0.15) is 12.5 Å². The molecule has 2 heterocycles. The number of hydrogen-bond acceptors (Lipinski definition) is 4. The zero-order valence-electron chi connectivity index (χ0n) is 6.92. The lowest BCUT2D eigenvalue weighted by molar-refractivity contribution is -0.116. The summed E-state index contributed by atoms with van der Waals surface area (Å²) in [5.74, 6) is 0.0244. The molecule has 13 heavy (non-hydrogen) atoms. The number of carbonyl (C=O) groups excluding carboxylic acids is 1. The summed E-state index contributed by atoms with van der Waals surface area (Å²) in [6, 6.07) is 0. The van der Waals surface area contributed by atoms with Crippen molar-refractivity contribution in [3.8, 4) is 10.6 Å². The van der Waals surface area contributed by atoms with Crippen LogP contribution in [-0.2, 0) is 11.2 Å². The predicted octanol–water partition coefficient (Wildman–Crippen LogP) is 1.73. The number of aromatic amines is 1. The fourth-order valence-electron chi connectivity index (χ4n) is 1.23. The van der Waals surface area contributed by atoms with Crippen LogP contribution in [0.3, 0.4) is 0 Å². The fraction of sp³-hybridized carbons (Fsp3) is 0.250. The molecule has 0 bridgehead atoms. The molecule has 0 fully saturated rings. The SMILES string of the molecule is CC(=O)Cc1c2sscc-2[nH]c1=O. The second-order valence-electron chi connectivity index (χ2n) is 2.85. The molecule has 0 unspecified atom stereocenters. The smallest absolute Gasteiger partial charge is 0.253 e. The first-order valence-electron chi connectivity index (χ1n) is 3.76. The van der Waals surface area contributed by atoms with E-state index in [4.69, 9.17) is 0 Å². The minimum absolute atomic E-state index is 0.0244. The minimum atomic E-state index is -0.121. The van der Waals surface area contributed by atoms with Crippen LogP contribution in [0.2, 0.25) is 0 Å². The van der Waals surface area contributed by atoms with Crippen LogP contribution in [0, 0.1) is 0 Å². The third-order valence-electron chi connectivity index (χ3n) is 1.76. The van der Waals surface area contributed by atoms with E-state index < -0.39 is 0 Å². The Balaban J connectivity index is 2.55. The summed E-state index contributed by atoms with van der Waals surface area (Å²) in [4.78, 5) is 25.9. The van der Waals surface area contributed by atoms with Crippen molar-refractivity contribution in [2.75, 3.05) is 0 Å². The first-order valence-corrected chi connectivity index (χ1v) is 5.97. The summed E-state index contributed by atoms with van der Waals surface area (Å²) in [6.07, 6.45) is 0.242. The monoisotopic (exact) mass is 213 g/mol. The van der Waals surface area contributed by atoms with E-state index in [1.165, 1.54) is 17.3 Å². The predicted molar refractivity (Wildman–Crippen MR) is 53.8 cm³/mol. The highest BCUT2D eigenvalue weighted by atomic mass is 32.9. The van der Waals surface area contributed by atoms with Gasteiger partial charge in [0.15, 0.2) is 0 Å². The van der Waals surface area contributed by atoms with Crippen LogP contribution in [0.5, 0.6) is 0 Å². The molecule has 2 aliphatic rings. The highest BCUT2D eigenvalue weighted by Crippen LogP contribution is 2.32. The summed E-state index contributed by atoms with van der Waals surface area (Å²) < 4.78 is 0. The van der Waals surface area contributed by atoms with Gasteiger partial charge in [-0.1, -0.05) is 20.7 Å². The maximum absolute atomic E-state index is 11.3. The number of rotatable bonds is 2. The van der Waals surface area contributed by atoms with E-state index in [0.717, 1.165) is 10.6 Å². The lowest BCUT2D eigenvalue weighted by atomic mass is 10.1. The summed E-state index contributed by atoms with van der Waals surface area (Å²) in [7, 11) is 3.10. The Labute approximate surface area is 81.8 Å². The van der Waals surface area contributed by atoms with Crippen LogP contribution < -0.4 is 5.56 Å². The first-order chi connectivity index (χ1) is 6.18. The van der Waals surface area contributed by atoms with Crippen molar-refractivity contribution in [2.24, 2.45) is 0 Å². The number of carbonyl (C=O) groups is 1. The molecule has 0 amide bonds. The fourth-order valence-corrected chi connectivity index (χ4v) is 3.48. The standard InChI is InChI=1S/C8H7NO2S2/c1-4(10)2-5-7-6(3-12-13-7)9-8(5)11/h3H,2H2,1H3,(H,9,11). The van der Waals surface area contributed by atoms with E-state index in [2.05, 4.69) is 4.98 Å². The van der Waals surface area contributed by atoms with Crippen molar-refractivity contribution in [3.05, 3.63) is 21.3 Å². The van der Waals surface area contributed by atoms with Gasteiger partial charge in [-0.15, -0.1) is 0 Å². The highest BCUT2D eigenvalue weighted by molar-refractivity contribution is 7.70. The molecular formula is C8H7NO2S2. The molecule has 0 aromatic rings. The van der Waals surface area contributed by atoms with Crippen molar-refractivity contribution in [2.45, 2.75) is 13.3 Å². The van der Waals surface area contributed by atoms with Gasteiger partial charge in [-0.2, -0.15) is 0 Å². The number of H-pyrrole nitrogens is 1. The molecule has 2 aliphatic heterocycles. The number of fused-ring (bicyclic) bond motifs is 1. The van der Waals surface area contributed by atoms with Gasteiger partial charge in [-0.25, -0.2) is 0 Å². The van der Waals surface area contributed by atoms with Gasteiger partial charge in [0.1, 0.15) is 5.78 Å². The Hall–Kier alpha value is -0.940. The Morgan fingerprint density at radius 2 is 2.38 bits per heavy atom. The molecule has 3 nitrogen and oxygen atoms in total. The van der Waals surface area contributed by atoms with E-state index in [-0.39, 0.29) is 17.8 Å². The van der Waals surface area contributed by atoms with Crippen LogP contribution in [0.25, 0.3) is 10.6 Å². The van der Waals surface area contributed by atoms with Crippen LogP contribution in [-0.4, -0.2) is 10.8 Å². The van der Waals surface area contributed by atoms with Gasteiger partial charge in [-0.3, -0.25) is 9.59 Å². The van der Waals surface area contributed by atoms with E-state index in [9.17, 15) is 9.59 Å². The van der Waals surface area contributed by atoms with Crippen LogP contribution >= 0.6 is 20.7 Å². The largest absolute Gasteiger partial charge is 0.320 e. The maximum atomic E-state index is 11.3. The summed E-state index contributed by atoms with van der Waals surface area (Å²) in [6.45, 7) is 1.50. The van der Waals surface area contributed by atoms with Gasteiger partial charge in [0, 0.05) is 17.4 Å². The Kier molecular flexibility index (Phi) is 2.05. The van der Waals surface area contributed by atoms with Gasteiger partial charge >= 0.3 is 0 Å². The van der Waals surface area contributed by atoms with Gasteiger partial charge in [-0.05, 0) is 6.92 Å². The number of aromatic nitrogens is 1. The van der Waals surface area contributed by atoms with Gasteiger partial charge in [0.25, 0.3) is 5.56 Å². The molecule has 0 aromatic heterocycles. The van der Waals surface area contributed by atoms with E-state index in [1.54, 1.807) is 10.3 Å². The molecule has 68 valence electrons. The van der Waals surface area contributed by atoms with Crippen molar-refractivity contribution in [1.29, 1.82) is 0 Å². The molecule has 1 N–H and O–H groups in total. The van der Waals surface area contributed by atoms with Crippen LogP contribution in [0.4, 0.5) is 0 Å². The average molecular weight is 213 g/mol. The second kappa shape index (κ2) is 3.08. The molecule has 0 aliphatic carbocycles. The molecule has 5 heteroatoms. The van der Waals surface area contributed by atoms with E-state index >= 15 is 0 Å². The quantitative estimate of drug-likeness (QED) is 0.772. The van der Waals surface area contributed by atoms with Gasteiger partial charge in [0.05, 0.1) is 10.6 Å². The molecule has 0 saturated carbocycles. The Morgan fingerprint density at radius 3 is 3.08 bits per heavy atom. The van der Waals surface area contributed by atoms with Crippen molar-refractivity contribution < 1.29 is 4.79 Å². The molecule has 0 atom stereocenters. The van der Waals surface area contributed by atoms with E-state index in [0.29, 0.717) is 5.56 Å². The normalized spacial score (nSPS) is 10.8. The summed E-state index contributed by atoms with van der Waals surface area (Å²) >= 11 is 0. The molecular weight excluding hydrogens is 206 g/mol. The average Bonchev–Trinajstić information content (AvgIpc) is 2.55. The second-order valence-corrected chi connectivity index (χ2v) is 4.93. The molecule has 2 rings (SSSR count). The maximum Gasteiger partial charge on any atom is 0.253 e. The zero-order chi connectivity index (χ0) is 9.42. The van der Waals surface area contributed by atoms with Crippen molar-refractivity contribution >= 4 is 26.5 Å². The molecule has 0 aromatic carbocycles. The topological polar surface area (TPSA) is 49.9 Å². The summed E-state index contributed by atoms with van der Waals surface area (Å²) in [5, 5.41) is 1.89. The third-order valence-corrected chi connectivity index (χ3v) is 3.90. The van der Waals surface area contributed by atoms with Crippen molar-refractivity contribution in [1.82, 2.24) is 4.98 Å². The number of nitrogens with one attached hydrogen (secondary N) is 1. The Morgan fingerprint density at radius 1 is 1.62 bits per heavy atom. The van der Waals surface area contributed by atoms with E-state index in [1.807, 2.05) is 5.38 Å². The van der Waals surface area contributed by atoms with Crippen LogP contribution in [0.15, 0.2) is 10.2 Å². The molecule has 0 radical (unpaired) electrons. The third kappa shape index (κ3) is 1.45. The lowest BCUT2D eigenvalue weighted by Gasteiger charge is -1.90. The Bertz CT molecular complexity index is 465. The molecule has 0 saturated heterocycles. The number of Topliss-reactive ketones (excluding diaryl/α,β-unsaturated/α-hetero) is 1. The van der Waals surface area contributed by atoms with Gasteiger partial charge in [0.2, 0.25) is 0 Å². The van der Waals surface area contributed by atoms with Gasteiger partial charge < -0.3 is 4.98 Å². The minimum Gasteiger partial charge on any atom is -0.320 e. The highest BCUT2D eigenvalue weighted by Gasteiger charge is 2.17. The molecule has 0 spiro atoms. The van der Waals surface area contributed by atoms with Crippen molar-refractivity contribution in [3.63, 3.8) is 0 Å². The zero-order valence-corrected chi connectivity index (χ0v) is 8.55. The first kappa shape index (κ1) is 8.65.